The van der Waals surface area contributed by atoms with E-state index in [1.165, 1.54) is 0 Å². The summed E-state index contributed by atoms with van der Waals surface area (Å²) in [6, 6.07) is 7.37. The van der Waals surface area contributed by atoms with Gasteiger partial charge in [0, 0.05) is 24.7 Å². The number of nitrogens with one attached hydrogen (secondary N) is 1. The number of sulfone groups is 1. The van der Waals surface area contributed by atoms with E-state index in [9.17, 15) is 18.0 Å². The number of likely N-dealkylation sites (tertiary alicyclic amines) is 1. The molecule has 2 amide bonds. The summed E-state index contributed by atoms with van der Waals surface area (Å²) in [7, 11) is -3.74. The van der Waals surface area contributed by atoms with Crippen LogP contribution in [-0.2, 0) is 25.1 Å². The molecule has 0 radical (unpaired) electrons. The molecule has 0 spiro atoms. The lowest BCUT2D eigenvalue weighted by Gasteiger charge is -2.31. The molecule has 9 nitrogen and oxygen atoms in total. The minimum absolute atomic E-state index is 0.176. The zero-order chi connectivity index (χ0) is 23.3. The van der Waals surface area contributed by atoms with Crippen LogP contribution in [0, 0.1) is 13.8 Å². The van der Waals surface area contributed by atoms with Crippen LogP contribution >= 0.6 is 0 Å². The van der Waals surface area contributed by atoms with Crippen molar-refractivity contribution in [3.05, 3.63) is 41.3 Å². The van der Waals surface area contributed by atoms with Crippen molar-refractivity contribution < 1.29 is 27.2 Å². The van der Waals surface area contributed by atoms with Crippen molar-refractivity contribution in [2.45, 2.75) is 45.4 Å². The van der Waals surface area contributed by atoms with Gasteiger partial charge in [0.1, 0.15) is 11.5 Å². The summed E-state index contributed by atoms with van der Waals surface area (Å²) in [6.07, 6.45) is 0.729. The van der Waals surface area contributed by atoms with Gasteiger partial charge in [-0.3, -0.25) is 4.79 Å². The van der Waals surface area contributed by atoms with Gasteiger partial charge in [0.05, 0.1) is 18.1 Å². The topological polar surface area (TPSA) is 119 Å². The number of carbonyl (C=O) groups is 2. The highest BCUT2D eigenvalue weighted by atomic mass is 32.2. The molecule has 1 aromatic carbocycles. The number of carbonyl (C=O) groups excluding carboxylic acids is 2. The van der Waals surface area contributed by atoms with Gasteiger partial charge in [0.2, 0.25) is 11.8 Å². The SMILES string of the molecule is CCOC(=O)N1CCC(NC(=O)CS(=O)(=O)Cc2nc(-c3ccccc3C)oc2C)CC1. The molecule has 1 aromatic heterocycles. The largest absolute Gasteiger partial charge is 0.450 e. The number of oxazole rings is 1. The van der Waals surface area contributed by atoms with E-state index in [4.69, 9.17) is 9.15 Å². The van der Waals surface area contributed by atoms with Crippen molar-refractivity contribution in [3.63, 3.8) is 0 Å². The number of piperidine rings is 1. The Morgan fingerprint density at radius 1 is 1.22 bits per heavy atom. The first-order valence-electron chi connectivity index (χ1n) is 10.6. The summed E-state index contributed by atoms with van der Waals surface area (Å²) in [6.45, 7) is 6.55. The second-order valence-electron chi connectivity index (χ2n) is 7.90. The lowest BCUT2D eigenvalue weighted by atomic mass is 10.1. The van der Waals surface area contributed by atoms with E-state index < -0.39 is 21.5 Å². The number of benzene rings is 1. The predicted molar refractivity (Wildman–Crippen MR) is 119 cm³/mol. The van der Waals surface area contributed by atoms with Crippen LogP contribution in [-0.4, -0.2) is 61.8 Å². The zero-order valence-electron chi connectivity index (χ0n) is 18.6. The van der Waals surface area contributed by atoms with Crippen LogP contribution in [0.3, 0.4) is 0 Å². The maximum atomic E-state index is 12.6. The molecule has 0 unspecified atom stereocenters. The standard InChI is InChI=1S/C22H29N3O6S/c1-4-30-22(27)25-11-9-17(10-12-25)23-20(26)14-32(28,29)13-19-16(3)31-21(24-19)18-8-6-5-7-15(18)2/h5-8,17H,4,9-14H2,1-3H3,(H,23,26). The lowest BCUT2D eigenvalue weighted by molar-refractivity contribution is -0.119. The van der Waals surface area contributed by atoms with Gasteiger partial charge in [-0.15, -0.1) is 0 Å². The fraction of sp³-hybridized carbons (Fsp3) is 0.500. The van der Waals surface area contributed by atoms with Gasteiger partial charge in [0.15, 0.2) is 9.84 Å². The Morgan fingerprint density at radius 3 is 2.56 bits per heavy atom. The van der Waals surface area contributed by atoms with Crippen molar-refractivity contribution in [2.75, 3.05) is 25.4 Å². The summed E-state index contributed by atoms with van der Waals surface area (Å²) < 4.78 is 35.9. The molecule has 0 saturated carbocycles. The molecule has 3 rings (SSSR count). The highest BCUT2D eigenvalue weighted by Gasteiger charge is 2.27. The van der Waals surface area contributed by atoms with Crippen LogP contribution in [0.25, 0.3) is 11.5 Å². The molecule has 1 aliphatic heterocycles. The predicted octanol–water partition coefficient (Wildman–Crippen LogP) is 2.61. The normalized spacial score (nSPS) is 14.9. The van der Waals surface area contributed by atoms with Crippen molar-refractivity contribution >= 4 is 21.8 Å². The quantitative estimate of drug-likeness (QED) is 0.670. The molecular formula is C22H29N3O6S. The molecule has 1 aliphatic rings. The van der Waals surface area contributed by atoms with Crippen LogP contribution in [0.15, 0.2) is 28.7 Å². The molecule has 10 heteroatoms. The second-order valence-corrected chi connectivity index (χ2v) is 9.96. The molecule has 0 aliphatic carbocycles. The molecule has 0 atom stereocenters. The number of nitrogens with zero attached hydrogens (tertiary/aromatic N) is 2. The molecule has 1 saturated heterocycles. The third kappa shape index (κ3) is 6.09. The first-order valence-corrected chi connectivity index (χ1v) is 12.4. The fourth-order valence-electron chi connectivity index (χ4n) is 3.64. The average Bonchev–Trinajstić information content (AvgIpc) is 3.07. The highest BCUT2D eigenvalue weighted by Crippen LogP contribution is 2.25. The van der Waals surface area contributed by atoms with E-state index in [0.717, 1.165) is 11.1 Å². The van der Waals surface area contributed by atoms with Crippen molar-refractivity contribution in [2.24, 2.45) is 0 Å². The van der Waals surface area contributed by atoms with Gasteiger partial charge in [-0.05, 0) is 45.2 Å². The van der Waals surface area contributed by atoms with Gasteiger partial charge in [-0.2, -0.15) is 0 Å². The summed E-state index contributed by atoms with van der Waals surface area (Å²) in [4.78, 5) is 30.0. The van der Waals surface area contributed by atoms with Crippen LogP contribution in [0.4, 0.5) is 4.79 Å². The van der Waals surface area contributed by atoms with E-state index in [1.54, 1.807) is 18.7 Å². The Labute approximate surface area is 188 Å². The van der Waals surface area contributed by atoms with Crippen molar-refractivity contribution in [3.8, 4) is 11.5 Å². The number of rotatable bonds is 7. The van der Waals surface area contributed by atoms with E-state index in [0.29, 0.717) is 49.9 Å². The number of hydrogen-bond donors (Lipinski definition) is 1. The smallest absolute Gasteiger partial charge is 0.409 e. The number of aromatic nitrogens is 1. The minimum Gasteiger partial charge on any atom is -0.450 e. The Balaban J connectivity index is 1.55. The molecule has 1 fully saturated rings. The van der Waals surface area contributed by atoms with Crippen LogP contribution < -0.4 is 5.32 Å². The highest BCUT2D eigenvalue weighted by molar-refractivity contribution is 7.91. The summed E-state index contributed by atoms with van der Waals surface area (Å²) in [5.74, 6) is -0.776. The Kier molecular flexibility index (Phi) is 7.55. The molecule has 1 N–H and O–H groups in total. The second kappa shape index (κ2) is 10.2. The van der Waals surface area contributed by atoms with Gasteiger partial charge < -0.3 is 19.4 Å². The van der Waals surface area contributed by atoms with Crippen LogP contribution in [0.5, 0.6) is 0 Å². The maximum Gasteiger partial charge on any atom is 0.409 e. The van der Waals surface area contributed by atoms with Gasteiger partial charge in [0.25, 0.3) is 0 Å². The summed E-state index contributed by atoms with van der Waals surface area (Å²) in [5.41, 5.74) is 2.07. The van der Waals surface area contributed by atoms with Gasteiger partial charge in [-0.25, -0.2) is 18.2 Å². The Hall–Kier alpha value is -2.88. The maximum absolute atomic E-state index is 12.6. The monoisotopic (exact) mass is 463 g/mol. The molecular weight excluding hydrogens is 434 g/mol. The van der Waals surface area contributed by atoms with Crippen LogP contribution in [0.1, 0.15) is 36.8 Å². The lowest BCUT2D eigenvalue weighted by Crippen LogP contribution is -2.47. The van der Waals surface area contributed by atoms with E-state index >= 15 is 0 Å². The van der Waals surface area contributed by atoms with Crippen molar-refractivity contribution in [1.29, 1.82) is 0 Å². The number of amides is 2. The molecule has 174 valence electrons. The van der Waals surface area contributed by atoms with Gasteiger partial charge in [-0.1, -0.05) is 18.2 Å². The summed E-state index contributed by atoms with van der Waals surface area (Å²) in [5, 5.41) is 2.76. The average molecular weight is 464 g/mol. The number of aryl methyl sites for hydroxylation is 2. The number of ether oxygens (including phenoxy) is 1. The minimum atomic E-state index is -3.74. The first-order chi connectivity index (χ1) is 15.2. The third-order valence-corrected chi connectivity index (χ3v) is 6.78. The molecule has 0 bridgehead atoms. The summed E-state index contributed by atoms with van der Waals surface area (Å²) >= 11 is 0. The zero-order valence-corrected chi connectivity index (χ0v) is 19.4. The first kappa shape index (κ1) is 23.8. The van der Waals surface area contributed by atoms with E-state index in [-0.39, 0.29) is 17.9 Å². The fourth-order valence-corrected chi connectivity index (χ4v) is 4.91. The third-order valence-electron chi connectivity index (χ3n) is 5.36. The van der Waals surface area contributed by atoms with E-state index in [2.05, 4.69) is 10.3 Å². The number of hydrogen-bond acceptors (Lipinski definition) is 7. The van der Waals surface area contributed by atoms with Gasteiger partial charge >= 0.3 is 6.09 Å². The van der Waals surface area contributed by atoms with E-state index in [1.807, 2.05) is 31.2 Å². The molecule has 2 aromatic rings. The van der Waals surface area contributed by atoms with Crippen LogP contribution in [0.2, 0.25) is 0 Å². The Bertz CT molecular complexity index is 1070. The molecule has 32 heavy (non-hydrogen) atoms. The Morgan fingerprint density at radius 2 is 1.91 bits per heavy atom. The molecule has 2 heterocycles. The van der Waals surface area contributed by atoms with Crippen molar-refractivity contribution in [1.82, 2.24) is 15.2 Å².